The van der Waals surface area contributed by atoms with Crippen molar-refractivity contribution in [2.45, 2.75) is 13.2 Å². The third-order valence-electron chi connectivity index (χ3n) is 7.02. The number of aliphatic hydroxyl groups is 2. The average molecular weight is 544 g/mol. The first-order valence-corrected chi connectivity index (χ1v) is 13.4. The van der Waals surface area contributed by atoms with Crippen molar-refractivity contribution in [1.29, 1.82) is 0 Å². The van der Waals surface area contributed by atoms with Crippen LogP contribution in [-0.4, -0.2) is 24.4 Å². The van der Waals surface area contributed by atoms with Crippen LogP contribution in [0.4, 0.5) is 17.1 Å². The van der Waals surface area contributed by atoms with Gasteiger partial charge in [0.05, 0.1) is 27.4 Å². The van der Waals surface area contributed by atoms with Crippen LogP contribution in [0.5, 0.6) is 11.5 Å². The lowest BCUT2D eigenvalue weighted by molar-refractivity contribution is 0.281. The Hall–Kier alpha value is -4.84. The summed E-state index contributed by atoms with van der Waals surface area (Å²) >= 11 is 0. The number of ether oxygens (including phenoxy) is 2. The SMILES string of the molecule is COc1ccc(N(c2ccc(C=C(c3ccc(CO)cc3)c3ccc(CO)cc3)cc2)c2ccc(OC)cc2)cc1. The number of hydrogen-bond acceptors (Lipinski definition) is 5. The lowest BCUT2D eigenvalue weighted by Gasteiger charge is -2.26. The second-order valence-electron chi connectivity index (χ2n) is 9.59. The fourth-order valence-electron chi connectivity index (χ4n) is 4.71. The summed E-state index contributed by atoms with van der Waals surface area (Å²) in [6.45, 7) is 0.00968. The fraction of sp³-hybridized carbons (Fsp3) is 0.111. The van der Waals surface area contributed by atoms with Crippen molar-refractivity contribution >= 4 is 28.7 Å². The Kier molecular flexibility index (Phi) is 8.79. The summed E-state index contributed by atoms with van der Waals surface area (Å²) in [6.07, 6.45) is 2.16. The van der Waals surface area contributed by atoms with Crippen LogP contribution in [0.2, 0.25) is 0 Å². The summed E-state index contributed by atoms with van der Waals surface area (Å²) in [5, 5.41) is 19.0. The lowest BCUT2D eigenvalue weighted by Crippen LogP contribution is -2.09. The Balaban J connectivity index is 1.54. The van der Waals surface area contributed by atoms with Gasteiger partial charge in [-0.15, -0.1) is 0 Å². The van der Waals surface area contributed by atoms with Gasteiger partial charge in [0.15, 0.2) is 0 Å². The summed E-state index contributed by atoms with van der Waals surface area (Å²) < 4.78 is 10.8. The highest BCUT2D eigenvalue weighted by Crippen LogP contribution is 2.36. The second kappa shape index (κ2) is 13.0. The Bertz CT molecular complexity index is 1480. The molecule has 0 unspecified atom stereocenters. The van der Waals surface area contributed by atoms with Crippen LogP contribution in [0, 0.1) is 0 Å². The summed E-state index contributed by atoms with van der Waals surface area (Å²) in [4.78, 5) is 2.19. The standard InChI is InChI=1S/C36H33NO4/c1-40-34-19-15-32(16-20-34)37(33-17-21-35(41-2)22-18-33)31-13-7-26(8-14-31)23-36(29-9-3-27(24-38)4-10-29)30-11-5-28(25-39)6-12-30/h3-23,38-39H,24-25H2,1-2H3. The van der Waals surface area contributed by atoms with Gasteiger partial charge < -0.3 is 24.6 Å². The van der Waals surface area contributed by atoms with Gasteiger partial charge in [0.25, 0.3) is 0 Å². The molecule has 41 heavy (non-hydrogen) atoms. The van der Waals surface area contributed by atoms with E-state index in [2.05, 4.69) is 35.2 Å². The molecule has 0 aliphatic carbocycles. The molecule has 0 radical (unpaired) electrons. The molecule has 5 aromatic rings. The molecule has 206 valence electrons. The van der Waals surface area contributed by atoms with Crippen molar-refractivity contribution in [3.63, 3.8) is 0 Å². The molecule has 0 aliphatic heterocycles. The van der Waals surface area contributed by atoms with Crippen LogP contribution in [0.15, 0.2) is 121 Å². The van der Waals surface area contributed by atoms with E-state index in [1.54, 1.807) is 14.2 Å². The van der Waals surface area contributed by atoms with Crippen molar-refractivity contribution in [3.8, 4) is 11.5 Å². The van der Waals surface area contributed by atoms with Gasteiger partial charge in [0.2, 0.25) is 0 Å². The Labute approximate surface area is 241 Å². The van der Waals surface area contributed by atoms with Crippen molar-refractivity contribution in [2.24, 2.45) is 0 Å². The summed E-state index contributed by atoms with van der Waals surface area (Å²) in [7, 11) is 3.33. The maximum Gasteiger partial charge on any atom is 0.119 e. The quantitative estimate of drug-likeness (QED) is 0.176. The number of rotatable bonds is 10. The third-order valence-corrected chi connectivity index (χ3v) is 7.02. The Morgan fingerprint density at radius 1 is 0.537 bits per heavy atom. The number of hydrogen-bond donors (Lipinski definition) is 2. The molecule has 5 rings (SSSR count). The van der Waals surface area contributed by atoms with Crippen LogP contribution in [-0.2, 0) is 13.2 Å². The molecule has 0 saturated heterocycles. The van der Waals surface area contributed by atoms with E-state index in [-0.39, 0.29) is 13.2 Å². The van der Waals surface area contributed by atoms with Crippen LogP contribution < -0.4 is 14.4 Å². The zero-order chi connectivity index (χ0) is 28.6. The van der Waals surface area contributed by atoms with E-state index in [0.717, 1.165) is 62.0 Å². The van der Waals surface area contributed by atoms with Crippen molar-refractivity contribution in [2.75, 3.05) is 19.1 Å². The van der Waals surface area contributed by atoms with Crippen LogP contribution in [0.25, 0.3) is 11.6 Å². The normalized spacial score (nSPS) is 10.6. The monoisotopic (exact) mass is 543 g/mol. The minimum absolute atomic E-state index is 0.00484. The smallest absolute Gasteiger partial charge is 0.119 e. The average Bonchev–Trinajstić information content (AvgIpc) is 3.05. The number of anilines is 3. The molecule has 0 atom stereocenters. The largest absolute Gasteiger partial charge is 0.497 e. The molecule has 0 amide bonds. The lowest BCUT2D eigenvalue weighted by atomic mass is 9.94. The van der Waals surface area contributed by atoms with Crippen molar-refractivity contribution in [3.05, 3.63) is 149 Å². The van der Waals surface area contributed by atoms with Gasteiger partial charge in [-0.2, -0.15) is 0 Å². The molecule has 5 heteroatoms. The second-order valence-corrected chi connectivity index (χ2v) is 9.59. The minimum Gasteiger partial charge on any atom is -0.497 e. The van der Waals surface area contributed by atoms with Gasteiger partial charge >= 0.3 is 0 Å². The predicted molar refractivity (Wildman–Crippen MR) is 166 cm³/mol. The molecule has 0 fully saturated rings. The van der Waals surface area contributed by atoms with Gasteiger partial charge in [0, 0.05) is 17.1 Å². The molecule has 5 aromatic carbocycles. The first-order chi connectivity index (χ1) is 20.1. The van der Waals surface area contributed by atoms with E-state index in [9.17, 15) is 10.2 Å². The van der Waals surface area contributed by atoms with Crippen LogP contribution in [0.1, 0.15) is 27.8 Å². The van der Waals surface area contributed by atoms with Crippen LogP contribution >= 0.6 is 0 Å². The van der Waals surface area contributed by atoms with E-state index in [0.29, 0.717) is 0 Å². The van der Waals surface area contributed by atoms with E-state index in [1.165, 1.54) is 0 Å². The highest BCUT2D eigenvalue weighted by atomic mass is 16.5. The predicted octanol–water partition coefficient (Wildman–Crippen LogP) is 7.75. The first-order valence-electron chi connectivity index (χ1n) is 13.4. The molecule has 0 spiro atoms. The highest BCUT2D eigenvalue weighted by molar-refractivity contribution is 5.92. The molecular weight excluding hydrogens is 510 g/mol. The van der Waals surface area contributed by atoms with Gasteiger partial charge in [-0.1, -0.05) is 60.7 Å². The van der Waals surface area contributed by atoms with E-state index < -0.39 is 0 Å². The maximum atomic E-state index is 9.51. The van der Waals surface area contributed by atoms with Gasteiger partial charge in [-0.05, 0) is 100 Å². The minimum atomic E-state index is 0.00484. The van der Waals surface area contributed by atoms with Gasteiger partial charge in [0.1, 0.15) is 11.5 Å². The number of benzene rings is 5. The number of aliphatic hydroxyl groups excluding tert-OH is 2. The highest BCUT2D eigenvalue weighted by Gasteiger charge is 2.13. The topological polar surface area (TPSA) is 62.2 Å². The third kappa shape index (κ3) is 6.49. The zero-order valence-electron chi connectivity index (χ0n) is 23.2. The molecule has 0 heterocycles. The van der Waals surface area contributed by atoms with E-state index >= 15 is 0 Å². The molecule has 2 N–H and O–H groups in total. The summed E-state index contributed by atoms with van der Waals surface area (Å²) in [6, 6.07) is 40.3. The first kappa shape index (κ1) is 27.7. The maximum absolute atomic E-state index is 9.51. The molecular formula is C36H33NO4. The van der Waals surface area contributed by atoms with E-state index in [1.807, 2.05) is 97.1 Å². The Morgan fingerprint density at radius 2 is 0.902 bits per heavy atom. The molecule has 0 aromatic heterocycles. The van der Waals surface area contributed by atoms with E-state index in [4.69, 9.17) is 9.47 Å². The number of methoxy groups -OCH3 is 2. The molecule has 0 saturated carbocycles. The fourth-order valence-corrected chi connectivity index (χ4v) is 4.71. The zero-order valence-corrected chi connectivity index (χ0v) is 23.2. The number of nitrogens with zero attached hydrogens (tertiary/aromatic N) is 1. The van der Waals surface area contributed by atoms with Gasteiger partial charge in [-0.25, -0.2) is 0 Å². The Morgan fingerprint density at radius 3 is 1.24 bits per heavy atom. The van der Waals surface area contributed by atoms with Crippen molar-refractivity contribution in [1.82, 2.24) is 0 Å². The van der Waals surface area contributed by atoms with Crippen molar-refractivity contribution < 1.29 is 19.7 Å². The molecule has 0 aliphatic rings. The van der Waals surface area contributed by atoms with Crippen LogP contribution in [0.3, 0.4) is 0 Å². The summed E-state index contributed by atoms with van der Waals surface area (Å²) in [5.41, 5.74) is 8.94. The summed E-state index contributed by atoms with van der Waals surface area (Å²) in [5.74, 6) is 1.60. The van der Waals surface area contributed by atoms with Gasteiger partial charge in [-0.3, -0.25) is 0 Å². The molecule has 0 bridgehead atoms. The molecule has 5 nitrogen and oxygen atoms in total.